The molecular weight excluding hydrogens is 310 g/mol. The van der Waals surface area contributed by atoms with Crippen molar-refractivity contribution in [2.24, 2.45) is 0 Å². The number of nitrogens with zero attached hydrogens (tertiary/aromatic N) is 2. The minimum atomic E-state index is -3.59. The zero-order valence-electron chi connectivity index (χ0n) is 11.2. The van der Waals surface area contributed by atoms with Crippen LogP contribution in [0.3, 0.4) is 0 Å². The van der Waals surface area contributed by atoms with Crippen molar-refractivity contribution in [1.29, 1.82) is 0 Å². The number of hydrogen-bond donors (Lipinski definition) is 1. The Morgan fingerprint density at radius 2 is 2.05 bits per heavy atom. The van der Waals surface area contributed by atoms with Crippen LogP contribution in [0.25, 0.3) is 0 Å². The maximum absolute atomic E-state index is 12.2. The predicted octanol–water partition coefficient (Wildman–Crippen LogP) is 2.49. The zero-order valence-corrected chi connectivity index (χ0v) is 12.7. The summed E-state index contributed by atoms with van der Waals surface area (Å²) in [6, 6.07) is 8.02. The first kappa shape index (κ1) is 14.4. The Labute approximate surface area is 128 Å². The van der Waals surface area contributed by atoms with E-state index < -0.39 is 10.0 Å². The van der Waals surface area contributed by atoms with Gasteiger partial charge in [0, 0.05) is 16.6 Å². The van der Waals surface area contributed by atoms with Crippen LogP contribution in [0, 0.1) is 0 Å². The Morgan fingerprint density at radius 3 is 2.76 bits per heavy atom. The summed E-state index contributed by atoms with van der Waals surface area (Å²) in [6.45, 7) is 0.136. The summed E-state index contributed by atoms with van der Waals surface area (Å²) in [5.74, 6) is 0.510. The van der Waals surface area contributed by atoms with E-state index in [1.807, 2.05) is 6.07 Å². The molecule has 1 fully saturated rings. The van der Waals surface area contributed by atoms with Crippen molar-refractivity contribution in [2.45, 2.75) is 30.2 Å². The summed E-state index contributed by atoms with van der Waals surface area (Å²) in [6.07, 6.45) is 3.77. The monoisotopic (exact) mass is 323 g/mol. The van der Waals surface area contributed by atoms with E-state index in [2.05, 4.69) is 14.7 Å². The standard InChI is InChI=1S/C14H14ClN3O2S/c15-11-2-1-3-13(6-11)21(19,20)18-8-12-7-14(10-4-5-10)17-9-16-12/h1-3,6-7,9-10,18H,4-5,8H2. The number of rotatable bonds is 5. The fraction of sp³-hybridized carbons (Fsp3) is 0.286. The molecule has 0 unspecified atom stereocenters. The van der Waals surface area contributed by atoms with Gasteiger partial charge in [-0.3, -0.25) is 0 Å². The summed E-state index contributed by atoms with van der Waals surface area (Å²) in [7, 11) is -3.59. The minimum Gasteiger partial charge on any atom is -0.241 e. The topological polar surface area (TPSA) is 72.0 Å². The third kappa shape index (κ3) is 3.58. The second-order valence-corrected chi connectivity index (χ2v) is 7.19. The summed E-state index contributed by atoms with van der Waals surface area (Å²) >= 11 is 5.82. The van der Waals surface area contributed by atoms with Crippen LogP contribution in [0.5, 0.6) is 0 Å². The van der Waals surface area contributed by atoms with Crippen molar-refractivity contribution in [3.63, 3.8) is 0 Å². The minimum absolute atomic E-state index is 0.136. The molecule has 1 N–H and O–H groups in total. The van der Waals surface area contributed by atoms with Crippen LogP contribution < -0.4 is 4.72 Å². The highest BCUT2D eigenvalue weighted by Crippen LogP contribution is 2.38. The van der Waals surface area contributed by atoms with Crippen LogP contribution in [0.2, 0.25) is 5.02 Å². The molecule has 0 saturated heterocycles. The third-order valence-electron chi connectivity index (χ3n) is 3.29. The second kappa shape index (κ2) is 5.71. The molecule has 0 spiro atoms. The van der Waals surface area contributed by atoms with E-state index in [4.69, 9.17) is 11.6 Å². The van der Waals surface area contributed by atoms with Crippen LogP contribution in [-0.4, -0.2) is 18.4 Å². The summed E-state index contributed by atoms with van der Waals surface area (Å²) in [5.41, 5.74) is 1.65. The first-order valence-electron chi connectivity index (χ1n) is 6.61. The van der Waals surface area contributed by atoms with E-state index in [0.717, 1.165) is 18.5 Å². The van der Waals surface area contributed by atoms with Gasteiger partial charge in [0.15, 0.2) is 0 Å². The molecule has 1 aromatic heterocycles. The maximum Gasteiger partial charge on any atom is 0.240 e. The molecule has 3 rings (SSSR count). The lowest BCUT2D eigenvalue weighted by Gasteiger charge is -2.07. The van der Waals surface area contributed by atoms with Crippen molar-refractivity contribution < 1.29 is 8.42 Å². The molecule has 0 bridgehead atoms. The van der Waals surface area contributed by atoms with Crippen molar-refractivity contribution in [2.75, 3.05) is 0 Å². The number of benzene rings is 1. The van der Waals surface area contributed by atoms with Crippen molar-refractivity contribution in [3.8, 4) is 0 Å². The van der Waals surface area contributed by atoms with E-state index >= 15 is 0 Å². The molecule has 0 atom stereocenters. The van der Waals surface area contributed by atoms with Gasteiger partial charge in [-0.2, -0.15) is 0 Å². The molecular formula is C14H14ClN3O2S. The smallest absolute Gasteiger partial charge is 0.240 e. The highest BCUT2D eigenvalue weighted by Gasteiger charge is 2.25. The molecule has 1 aliphatic carbocycles. The molecule has 0 radical (unpaired) electrons. The fourth-order valence-electron chi connectivity index (χ4n) is 2.00. The van der Waals surface area contributed by atoms with E-state index in [0.29, 0.717) is 16.6 Å². The molecule has 7 heteroatoms. The van der Waals surface area contributed by atoms with Crippen molar-refractivity contribution in [3.05, 3.63) is 53.1 Å². The van der Waals surface area contributed by atoms with Gasteiger partial charge in [-0.25, -0.2) is 23.1 Å². The lowest BCUT2D eigenvalue weighted by Crippen LogP contribution is -2.23. The lowest BCUT2D eigenvalue weighted by molar-refractivity contribution is 0.580. The van der Waals surface area contributed by atoms with Gasteiger partial charge in [0.05, 0.1) is 17.1 Å². The van der Waals surface area contributed by atoms with Gasteiger partial charge in [-0.05, 0) is 37.1 Å². The zero-order chi connectivity index (χ0) is 14.9. The highest BCUT2D eigenvalue weighted by molar-refractivity contribution is 7.89. The molecule has 5 nitrogen and oxygen atoms in total. The summed E-state index contributed by atoms with van der Waals surface area (Å²) < 4.78 is 26.9. The van der Waals surface area contributed by atoms with Gasteiger partial charge in [-0.15, -0.1) is 0 Å². The summed E-state index contributed by atoms with van der Waals surface area (Å²) in [5, 5.41) is 0.385. The number of halogens is 1. The number of sulfonamides is 1. The fourth-order valence-corrected chi connectivity index (χ4v) is 3.30. The predicted molar refractivity (Wildman–Crippen MR) is 79.5 cm³/mol. The SMILES string of the molecule is O=S(=O)(NCc1cc(C2CC2)ncn1)c1cccc(Cl)c1. The lowest BCUT2D eigenvalue weighted by atomic mass is 10.2. The van der Waals surface area contributed by atoms with Crippen molar-refractivity contribution >= 4 is 21.6 Å². The molecule has 1 aliphatic rings. The Morgan fingerprint density at radius 1 is 1.24 bits per heavy atom. The van der Waals surface area contributed by atoms with Gasteiger partial charge in [-0.1, -0.05) is 17.7 Å². The molecule has 0 amide bonds. The van der Waals surface area contributed by atoms with E-state index in [-0.39, 0.29) is 11.4 Å². The number of hydrogen-bond acceptors (Lipinski definition) is 4. The van der Waals surface area contributed by atoms with E-state index in [1.165, 1.54) is 18.5 Å². The normalized spacial score (nSPS) is 15.1. The van der Waals surface area contributed by atoms with E-state index in [9.17, 15) is 8.42 Å². The molecule has 21 heavy (non-hydrogen) atoms. The molecule has 2 aromatic rings. The average Bonchev–Trinajstić information content (AvgIpc) is 3.30. The quantitative estimate of drug-likeness (QED) is 0.917. The van der Waals surface area contributed by atoms with Crippen LogP contribution in [0.1, 0.15) is 30.1 Å². The molecule has 1 saturated carbocycles. The van der Waals surface area contributed by atoms with Gasteiger partial charge in [0.1, 0.15) is 6.33 Å². The number of aromatic nitrogens is 2. The Kier molecular flexibility index (Phi) is 3.93. The van der Waals surface area contributed by atoms with Gasteiger partial charge >= 0.3 is 0 Å². The molecule has 1 aromatic carbocycles. The maximum atomic E-state index is 12.2. The first-order chi connectivity index (χ1) is 10.0. The van der Waals surface area contributed by atoms with E-state index in [1.54, 1.807) is 12.1 Å². The molecule has 1 heterocycles. The second-order valence-electron chi connectivity index (χ2n) is 4.99. The van der Waals surface area contributed by atoms with Gasteiger partial charge < -0.3 is 0 Å². The molecule has 110 valence electrons. The van der Waals surface area contributed by atoms with Crippen LogP contribution in [0.4, 0.5) is 0 Å². The Hall–Kier alpha value is -1.50. The Bertz CT molecular complexity index is 760. The Balaban J connectivity index is 1.73. The van der Waals surface area contributed by atoms with Crippen LogP contribution in [0.15, 0.2) is 41.6 Å². The molecule has 0 aliphatic heterocycles. The largest absolute Gasteiger partial charge is 0.241 e. The van der Waals surface area contributed by atoms with Gasteiger partial charge in [0.2, 0.25) is 10.0 Å². The van der Waals surface area contributed by atoms with Crippen LogP contribution >= 0.6 is 11.6 Å². The average molecular weight is 324 g/mol. The highest BCUT2D eigenvalue weighted by atomic mass is 35.5. The van der Waals surface area contributed by atoms with Crippen LogP contribution in [-0.2, 0) is 16.6 Å². The third-order valence-corrected chi connectivity index (χ3v) is 4.92. The van der Waals surface area contributed by atoms with Gasteiger partial charge in [0.25, 0.3) is 0 Å². The summed E-state index contributed by atoms with van der Waals surface area (Å²) in [4.78, 5) is 8.45. The van der Waals surface area contributed by atoms with Crippen molar-refractivity contribution in [1.82, 2.24) is 14.7 Å². The number of nitrogens with one attached hydrogen (secondary N) is 1. The first-order valence-corrected chi connectivity index (χ1v) is 8.47.